The highest BCUT2D eigenvalue weighted by Crippen LogP contribution is 2.13. The molecule has 0 spiro atoms. The zero-order valence-electron chi connectivity index (χ0n) is 11.0. The van der Waals surface area contributed by atoms with E-state index < -0.39 is 0 Å². The van der Waals surface area contributed by atoms with Crippen molar-refractivity contribution in [1.29, 1.82) is 0 Å². The van der Waals surface area contributed by atoms with Crippen molar-refractivity contribution in [2.45, 2.75) is 20.0 Å². The number of aromatic nitrogens is 1. The van der Waals surface area contributed by atoms with Crippen molar-refractivity contribution < 1.29 is 0 Å². The van der Waals surface area contributed by atoms with E-state index in [-0.39, 0.29) is 0 Å². The summed E-state index contributed by atoms with van der Waals surface area (Å²) >= 11 is 3.40. The van der Waals surface area contributed by atoms with Gasteiger partial charge in [0.25, 0.3) is 0 Å². The first-order valence-corrected chi connectivity index (χ1v) is 7.14. The lowest BCUT2D eigenvalue weighted by molar-refractivity contribution is 0.268. The van der Waals surface area contributed by atoms with Crippen LogP contribution in [0.5, 0.6) is 0 Å². The van der Waals surface area contributed by atoms with Gasteiger partial charge in [-0.1, -0.05) is 19.1 Å². The molecule has 0 atom stereocenters. The number of halogens is 1. The molecule has 2 N–H and O–H groups in total. The molecule has 0 aliphatic heterocycles. The predicted octanol–water partition coefficient (Wildman–Crippen LogP) is 3.45. The van der Waals surface area contributed by atoms with Crippen LogP contribution in [-0.2, 0) is 13.1 Å². The van der Waals surface area contributed by atoms with Gasteiger partial charge >= 0.3 is 0 Å². The van der Waals surface area contributed by atoms with Crippen LogP contribution in [0.1, 0.15) is 18.2 Å². The third-order valence-corrected chi connectivity index (χ3v) is 3.45. The van der Waals surface area contributed by atoms with Crippen molar-refractivity contribution in [2.24, 2.45) is 0 Å². The summed E-state index contributed by atoms with van der Waals surface area (Å²) in [5.41, 5.74) is 8.94. The Bertz CT molecular complexity index is 525. The van der Waals surface area contributed by atoms with Gasteiger partial charge in [-0.25, -0.2) is 0 Å². The number of benzene rings is 1. The molecule has 0 amide bonds. The van der Waals surface area contributed by atoms with E-state index in [0.29, 0.717) is 0 Å². The van der Waals surface area contributed by atoms with Gasteiger partial charge in [-0.05, 0) is 52.3 Å². The minimum absolute atomic E-state index is 0.815. The third-order valence-electron chi connectivity index (χ3n) is 2.98. The molecule has 0 saturated heterocycles. The summed E-state index contributed by atoms with van der Waals surface area (Å²) in [5, 5.41) is 0. The normalized spacial score (nSPS) is 10.9. The van der Waals surface area contributed by atoms with Gasteiger partial charge in [-0.3, -0.25) is 9.88 Å². The summed E-state index contributed by atoms with van der Waals surface area (Å²) in [4.78, 5) is 6.75. The summed E-state index contributed by atoms with van der Waals surface area (Å²) in [7, 11) is 0. The van der Waals surface area contributed by atoms with Crippen LogP contribution in [0.15, 0.2) is 47.1 Å². The van der Waals surface area contributed by atoms with Gasteiger partial charge in [0.15, 0.2) is 0 Å². The third kappa shape index (κ3) is 4.33. The maximum Gasteiger partial charge on any atom is 0.0544 e. The van der Waals surface area contributed by atoms with E-state index in [1.54, 1.807) is 0 Å². The number of nitrogen functional groups attached to an aromatic ring is 1. The zero-order valence-corrected chi connectivity index (χ0v) is 12.6. The lowest BCUT2D eigenvalue weighted by Crippen LogP contribution is -2.22. The topological polar surface area (TPSA) is 42.1 Å². The summed E-state index contributed by atoms with van der Waals surface area (Å²) in [6.07, 6.45) is 1.84. The van der Waals surface area contributed by atoms with E-state index >= 15 is 0 Å². The molecule has 0 radical (unpaired) electrons. The fraction of sp³-hybridized carbons (Fsp3) is 0.267. The Balaban J connectivity index is 2.02. The molecule has 0 unspecified atom stereocenters. The largest absolute Gasteiger partial charge is 0.399 e. The highest BCUT2D eigenvalue weighted by Gasteiger charge is 2.06. The van der Waals surface area contributed by atoms with Crippen LogP contribution in [0, 0.1) is 0 Å². The summed E-state index contributed by atoms with van der Waals surface area (Å²) < 4.78 is 1.01. The van der Waals surface area contributed by atoms with Crippen LogP contribution in [0.3, 0.4) is 0 Å². The standard InChI is InChI=1S/C15H18BrN3/c1-2-19(10-12-4-3-5-14(17)8-12)11-15-7-6-13(16)9-18-15/h3-9H,2,10-11,17H2,1H3. The van der Waals surface area contributed by atoms with E-state index in [1.165, 1.54) is 5.56 Å². The lowest BCUT2D eigenvalue weighted by Gasteiger charge is -2.20. The molecule has 1 heterocycles. The quantitative estimate of drug-likeness (QED) is 0.858. The van der Waals surface area contributed by atoms with Gasteiger partial charge in [0.05, 0.1) is 5.69 Å². The highest BCUT2D eigenvalue weighted by atomic mass is 79.9. The number of nitrogens with two attached hydrogens (primary N) is 1. The van der Waals surface area contributed by atoms with E-state index in [1.807, 2.05) is 36.5 Å². The van der Waals surface area contributed by atoms with Crippen molar-refractivity contribution in [3.8, 4) is 0 Å². The minimum Gasteiger partial charge on any atom is -0.399 e. The maximum atomic E-state index is 5.81. The predicted molar refractivity (Wildman–Crippen MR) is 82.6 cm³/mol. The molecule has 0 bridgehead atoms. The Morgan fingerprint density at radius 1 is 1.21 bits per heavy atom. The molecule has 100 valence electrons. The average Bonchev–Trinajstić information content (AvgIpc) is 2.40. The number of hydrogen-bond donors (Lipinski definition) is 1. The van der Waals surface area contributed by atoms with Crippen LogP contribution < -0.4 is 5.73 Å². The number of pyridine rings is 1. The van der Waals surface area contributed by atoms with Crippen molar-refractivity contribution in [3.05, 3.63) is 58.3 Å². The van der Waals surface area contributed by atoms with Gasteiger partial charge in [-0.15, -0.1) is 0 Å². The van der Waals surface area contributed by atoms with Crippen LogP contribution in [-0.4, -0.2) is 16.4 Å². The van der Waals surface area contributed by atoms with E-state index in [4.69, 9.17) is 5.73 Å². The maximum absolute atomic E-state index is 5.81. The second kappa shape index (κ2) is 6.68. The molecule has 0 saturated carbocycles. The monoisotopic (exact) mass is 319 g/mol. The Labute approximate surface area is 122 Å². The average molecular weight is 320 g/mol. The number of anilines is 1. The van der Waals surface area contributed by atoms with Crippen LogP contribution >= 0.6 is 15.9 Å². The highest BCUT2D eigenvalue weighted by molar-refractivity contribution is 9.10. The van der Waals surface area contributed by atoms with E-state index in [9.17, 15) is 0 Å². The van der Waals surface area contributed by atoms with Crippen molar-refractivity contribution in [2.75, 3.05) is 12.3 Å². The van der Waals surface area contributed by atoms with Crippen LogP contribution in [0.25, 0.3) is 0 Å². The summed E-state index contributed by atoms with van der Waals surface area (Å²) in [6, 6.07) is 12.1. The van der Waals surface area contributed by atoms with Crippen LogP contribution in [0.4, 0.5) is 5.69 Å². The Morgan fingerprint density at radius 3 is 2.68 bits per heavy atom. The Morgan fingerprint density at radius 2 is 2.05 bits per heavy atom. The van der Waals surface area contributed by atoms with Crippen molar-refractivity contribution in [1.82, 2.24) is 9.88 Å². The first kappa shape index (κ1) is 14.0. The second-order valence-electron chi connectivity index (χ2n) is 4.52. The van der Waals surface area contributed by atoms with Crippen molar-refractivity contribution in [3.63, 3.8) is 0 Å². The zero-order chi connectivity index (χ0) is 13.7. The molecular formula is C15H18BrN3. The summed E-state index contributed by atoms with van der Waals surface area (Å²) in [5.74, 6) is 0. The molecule has 0 aliphatic carbocycles. The SMILES string of the molecule is CCN(Cc1cccc(N)c1)Cc1ccc(Br)cn1. The summed E-state index contributed by atoms with van der Waals surface area (Å²) in [6.45, 7) is 4.87. The van der Waals surface area contributed by atoms with Gasteiger partial charge in [0.2, 0.25) is 0 Å². The Hall–Kier alpha value is -1.39. The van der Waals surface area contributed by atoms with Gasteiger partial charge in [-0.2, -0.15) is 0 Å². The molecule has 2 aromatic rings. The molecule has 1 aromatic carbocycles. The molecule has 19 heavy (non-hydrogen) atoms. The minimum atomic E-state index is 0.815. The first-order valence-electron chi connectivity index (χ1n) is 6.34. The molecule has 3 nitrogen and oxygen atoms in total. The van der Waals surface area contributed by atoms with E-state index in [0.717, 1.165) is 35.5 Å². The molecule has 0 aliphatic rings. The second-order valence-corrected chi connectivity index (χ2v) is 5.43. The smallest absolute Gasteiger partial charge is 0.0544 e. The molecular weight excluding hydrogens is 302 g/mol. The Kier molecular flexibility index (Phi) is 4.93. The number of rotatable bonds is 5. The number of nitrogens with zero attached hydrogens (tertiary/aromatic N) is 2. The molecule has 4 heteroatoms. The molecule has 1 aromatic heterocycles. The van der Waals surface area contributed by atoms with Gasteiger partial charge in [0.1, 0.15) is 0 Å². The first-order chi connectivity index (χ1) is 9.17. The van der Waals surface area contributed by atoms with Gasteiger partial charge in [0, 0.05) is 29.4 Å². The fourth-order valence-corrected chi connectivity index (χ4v) is 2.19. The van der Waals surface area contributed by atoms with Crippen LogP contribution in [0.2, 0.25) is 0 Å². The molecule has 2 rings (SSSR count). The van der Waals surface area contributed by atoms with Crippen molar-refractivity contribution >= 4 is 21.6 Å². The van der Waals surface area contributed by atoms with E-state index in [2.05, 4.69) is 38.8 Å². The van der Waals surface area contributed by atoms with Gasteiger partial charge < -0.3 is 5.73 Å². The fourth-order valence-electron chi connectivity index (χ4n) is 1.96. The number of hydrogen-bond acceptors (Lipinski definition) is 3. The lowest BCUT2D eigenvalue weighted by atomic mass is 10.2. The molecule has 0 fully saturated rings.